The molecule has 100 valence electrons. The first-order valence-corrected chi connectivity index (χ1v) is 5.87. The van der Waals surface area contributed by atoms with Crippen molar-refractivity contribution in [2.45, 2.75) is 13.8 Å². The van der Waals surface area contributed by atoms with Crippen LogP contribution in [0.4, 0.5) is 0 Å². The third kappa shape index (κ3) is 2.31. The molecule has 0 aliphatic heterocycles. The predicted octanol–water partition coefficient (Wildman–Crippen LogP) is 2.07. The monoisotopic (exact) mass is 260 g/mol. The summed E-state index contributed by atoms with van der Waals surface area (Å²) in [5, 5.41) is 0. The summed E-state index contributed by atoms with van der Waals surface area (Å²) in [5.74, 6) is 1.75. The molecule has 1 heterocycles. The van der Waals surface area contributed by atoms with Gasteiger partial charge in [-0.15, -0.1) is 0 Å². The van der Waals surface area contributed by atoms with E-state index in [0.717, 1.165) is 5.56 Å². The van der Waals surface area contributed by atoms with Crippen molar-refractivity contribution in [3.8, 4) is 22.8 Å². The molecule has 1 N–H and O–H groups in total. The van der Waals surface area contributed by atoms with E-state index in [1.165, 1.54) is 0 Å². The molecular formula is C14H16N2O3. The zero-order valence-electron chi connectivity index (χ0n) is 11.4. The topological polar surface area (TPSA) is 64.2 Å². The number of nitrogens with zero attached hydrogens (tertiary/aromatic N) is 1. The molecular weight excluding hydrogens is 244 g/mol. The average molecular weight is 260 g/mol. The Hall–Kier alpha value is -2.30. The number of hydrogen-bond donors (Lipinski definition) is 1. The van der Waals surface area contributed by atoms with Gasteiger partial charge in [-0.05, 0) is 26.0 Å². The van der Waals surface area contributed by atoms with E-state index in [9.17, 15) is 4.79 Å². The lowest BCUT2D eigenvalue weighted by Gasteiger charge is -2.13. The van der Waals surface area contributed by atoms with Gasteiger partial charge in [-0.3, -0.25) is 4.79 Å². The number of hydrogen-bond acceptors (Lipinski definition) is 4. The van der Waals surface area contributed by atoms with Gasteiger partial charge in [0.05, 0.1) is 19.9 Å². The van der Waals surface area contributed by atoms with Gasteiger partial charge in [-0.1, -0.05) is 6.07 Å². The van der Waals surface area contributed by atoms with E-state index in [2.05, 4.69) is 9.97 Å². The van der Waals surface area contributed by atoms with E-state index in [1.807, 2.05) is 12.1 Å². The van der Waals surface area contributed by atoms with Gasteiger partial charge in [0.1, 0.15) is 5.82 Å². The van der Waals surface area contributed by atoms with Gasteiger partial charge in [0, 0.05) is 11.1 Å². The maximum atomic E-state index is 11.8. The number of aromatic nitrogens is 2. The molecule has 0 fully saturated rings. The zero-order chi connectivity index (χ0) is 14.0. The molecule has 19 heavy (non-hydrogen) atoms. The van der Waals surface area contributed by atoms with Crippen molar-refractivity contribution in [1.82, 2.24) is 9.97 Å². The van der Waals surface area contributed by atoms with Crippen molar-refractivity contribution in [3.05, 3.63) is 39.9 Å². The molecule has 0 atom stereocenters. The van der Waals surface area contributed by atoms with Crippen LogP contribution >= 0.6 is 0 Å². The molecule has 0 saturated heterocycles. The molecule has 0 aliphatic rings. The molecule has 0 amide bonds. The first-order chi connectivity index (χ1) is 9.08. The first kappa shape index (κ1) is 13.1. The number of methoxy groups -OCH3 is 2. The highest BCUT2D eigenvalue weighted by Gasteiger charge is 2.16. The van der Waals surface area contributed by atoms with Crippen LogP contribution in [0.3, 0.4) is 0 Å². The summed E-state index contributed by atoms with van der Waals surface area (Å²) in [6.07, 6.45) is 0. The Morgan fingerprint density at radius 1 is 1.16 bits per heavy atom. The van der Waals surface area contributed by atoms with Crippen LogP contribution in [-0.4, -0.2) is 24.2 Å². The van der Waals surface area contributed by atoms with E-state index in [4.69, 9.17) is 9.47 Å². The highest BCUT2D eigenvalue weighted by Crippen LogP contribution is 2.37. The predicted molar refractivity (Wildman–Crippen MR) is 72.9 cm³/mol. The smallest absolute Gasteiger partial charge is 0.254 e. The summed E-state index contributed by atoms with van der Waals surface area (Å²) in [4.78, 5) is 18.9. The molecule has 2 rings (SSSR count). The number of para-hydroxylation sites is 1. The van der Waals surface area contributed by atoms with Crippen LogP contribution in [0.5, 0.6) is 11.5 Å². The van der Waals surface area contributed by atoms with Crippen molar-refractivity contribution in [3.63, 3.8) is 0 Å². The Morgan fingerprint density at radius 2 is 1.89 bits per heavy atom. The van der Waals surface area contributed by atoms with E-state index in [1.54, 1.807) is 34.1 Å². The summed E-state index contributed by atoms with van der Waals surface area (Å²) >= 11 is 0. The molecule has 0 unspecified atom stereocenters. The second-order valence-corrected chi connectivity index (χ2v) is 4.17. The third-order valence-corrected chi connectivity index (χ3v) is 2.93. The lowest BCUT2D eigenvalue weighted by molar-refractivity contribution is 0.356. The number of aryl methyl sites for hydroxylation is 1. The number of rotatable bonds is 3. The zero-order valence-corrected chi connectivity index (χ0v) is 11.4. The maximum Gasteiger partial charge on any atom is 0.254 e. The van der Waals surface area contributed by atoms with Crippen molar-refractivity contribution in [2.24, 2.45) is 0 Å². The van der Waals surface area contributed by atoms with Gasteiger partial charge < -0.3 is 14.5 Å². The third-order valence-electron chi connectivity index (χ3n) is 2.93. The number of benzene rings is 1. The molecule has 5 heteroatoms. The van der Waals surface area contributed by atoms with Gasteiger partial charge in [0.15, 0.2) is 11.5 Å². The van der Waals surface area contributed by atoms with E-state index < -0.39 is 0 Å². The minimum Gasteiger partial charge on any atom is -0.493 e. The van der Waals surface area contributed by atoms with Crippen molar-refractivity contribution < 1.29 is 9.47 Å². The summed E-state index contributed by atoms with van der Waals surface area (Å²) < 4.78 is 10.6. The van der Waals surface area contributed by atoms with Crippen molar-refractivity contribution in [2.75, 3.05) is 14.2 Å². The van der Waals surface area contributed by atoms with Gasteiger partial charge in [0.25, 0.3) is 5.56 Å². The summed E-state index contributed by atoms with van der Waals surface area (Å²) in [5.41, 5.74) is 1.76. The summed E-state index contributed by atoms with van der Waals surface area (Å²) in [6, 6.07) is 5.50. The van der Waals surface area contributed by atoms with Crippen LogP contribution in [-0.2, 0) is 0 Å². The highest BCUT2D eigenvalue weighted by atomic mass is 16.5. The Kier molecular flexibility index (Phi) is 3.55. The van der Waals surface area contributed by atoms with Crippen LogP contribution in [0.15, 0.2) is 23.0 Å². The fourth-order valence-electron chi connectivity index (χ4n) is 1.98. The molecule has 0 aliphatic carbocycles. The first-order valence-electron chi connectivity index (χ1n) is 5.87. The number of aromatic amines is 1. The van der Waals surface area contributed by atoms with Crippen LogP contribution in [0, 0.1) is 13.8 Å². The molecule has 0 radical (unpaired) electrons. The normalized spacial score (nSPS) is 10.3. The van der Waals surface area contributed by atoms with E-state index >= 15 is 0 Å². The molecule has 1 aromatic heterocycles. The Labute approximate surface area is 111 Å². The minimum atomic E-state index is -0.146. The standard InChI is InChI=1S/C14H16N2O3/c1-8-12(15-9(2)16-14(8)17)10-6-5-7-11(18-3)13(10)19-4/h5-7H,1-4H3,(H,15,16,17). The van der Waals surface area contributed by atoms with E-state index in [0.29, 0.717) is 28.6 Å². The second kappa shape index (κ2) is 5.14. The van der Waals surface area contributed by atoms with Gasteiger partial charge in [0.2, 0.25) is 0 Å². The SMILES string of the molecule is COc1cccc(-c2nc(C)[nH]c(=O)c2C)c1OC. The molecule has 0 bridgehead atoms. The molecule has 0 spiro atoms. The van der Waals surface area contributed by atoms with Crippen LogP contribution in [0.1, 0.15) is 11.4 Å². The maximum absolute atomic E-state index is 11.8. The molecule has 5 nitrogen and oxygen atoms in total. The second-order valence-electron chi connectivity index (χ2n) is 4.17. The average Bonchev–Trinajstić information content (AvgIpc) is 2.41. The molecule has 2 aromatic rings. The van der Waals surface area contributed by atoms with Crippen molar-refractivity contribution in [1.29, 1.82) is 0 Å². The van der Waals surface area contributed by atoms with Gasteiger partial charge >= 0.3 is 0 Å². The number of ether oxygens (including phenoxy) is 2. The van der Waals surface area contributed by atoms with Crippen LogP contribution in [0.25, 0.3) is 11.3 Å². The van der Waals surface area contributed by atoms with Crippen LogP contribution < -0.4 is 15.0 Å². The van der Waals surface area contributed by atoms with Crippen LogP contribution in [0.2, 0.25) is 0 Å². The highest BCUT2D eigenvalue weighted by molar-refractivity contribution is 5.73. The largest absolute Gasteiger partial charge is 0.493 e. The van der Waals surface area contributed by atoms with E-state index in [-0.39, 0.29) is 5.56 Å². The Balaban J connectivity index is 2.75. The Bertz CT molecular complexity index is 662. The minimum absolute atomic E-state index is 0.146. The quantitative estimate of drug-likeness (QED) is 0.917. The fourth-order valence-corrected chi connectivity index (χ4v) is 1.98. The fraction of sp³-hybridized carbons (Fsp3) is 0.286. The summed E-state index contributed by atoms with van der Waals surface area (Å²) in [7, 11) is 3.14. The lowest BCUT2D eigenvalue weighted by atomic mass is 10.1. The molecule has 0 saturated carbocycles. The lowest BCUT2D eigenvalue weighted by Crippen LogP contribution is -2.14. The number of nitrogens with one attached hydrogen (secondary N) is 1. The summed E-state index contributed by atoms with van der Waals surface area (Å²) in [6.45, 7) is 3.48. The Morgan fingerprint density at radius 3 is 2.53 bits per heavy atom. The number of H-pyrrole nitrogens is 1. The molecule has 1 aromatic carbocycles. The van der Waals surface area contributed by atoms with Gasteiger partial charge in [-0.25, -0.2) is 4.98 Å². The van der Waals surface area contributed by atoms with Gasteiger partial charge in [-0.2, -0.15) is 0 Å². The van der Waals surface area contributed by atoms with Crippen molar-refractivity contribution >= 4 is 0 Å².